The minimum absolute atomic E-state index is 0. The van der Waals surface area contributed by atoms with Gasteiger partial charge >= 0.3 is 75.5 Å². The van der Waals surface area contributed by atoms with Crippen molar-refractivity contribution < 1.29 is 28.7 Å². The maximum atomic E-state index is 8.66. The van der Waals surface area contributed by atoms with Gasteiger partial charge in [-0.2, -0.15) is 0 Å². The molecular weight excluding hydrogens is 213 g/mol. The van der Waals surface area contributed by atoms with Gasteiger partial charge in [0.2, 0.25) is 0 Å². The predicted octanol–water partition coefficient (Wildman–Crippen LogP) is -8.95. The molecule has 0 aromatic heterocycles. The summed E-state index contributed by atoms with van der Waals surface area (Å²) >= 11 is 0. The molecule has 0 aliphatic carbocycles. The molecule has 9 heteroatoms. The van der Waals surface area contributed by atoms with Gasteiger partial charge in [0.1, 0.15) is 0 Å². The smallest absolute Gasteiger partial charge is 1.00 e. The Morgan fingerprint density at radius 2 is 1.11 bits per heavy atom. The van der Waals surface area contributed by atoms with Gasteiger partial charge in [0, 0.05) is 0 Å². The third-order valence-corrected chi connectivity index (χ3v) is 0. The topological polar surface area (TPSA) is 83.4 Å². The van der Waals surface area contributed by atoms with Crippen LogP contribution in [0.5, 0.6) is 0 Å². The molecule has 0 radical (unpaired) electrons. The van der Waals surface area contributed by atoms with E-state index in [1.54, 1.807) is 0 Å². The van der Waals surface area contributed by atoms with E-state index in [1.165, 1.54) is 0 Å². The van der Waals surface area contributed by atoms with Gasteiger partial charge in [0.25, 0.3) is 0 Å². The van der Waals surface area contributed by atoms with E-state index >= 15 is 0 Å². The number of hydrogen-bond acceptors (Lipinski definition) is 3. The fraction of sp³-hybridized carbons (Fsp3) is 0. The summed E-state index contributed by atoms with van der Waals surface area (Å²) in [6.07, 6.45) is 0. The van der Waals surface area contributed by atoms with Gasteiger partial charge in [-0.3, -0.25) is 0 Å². The van der Waals surface area contributed by atoms with Crippen LogP contribution in [0.3, 0.4) is 0 Å². The summed E-state index contributed by atoms with van der Waals surface area (Å²) in [6, 6.07) is 0. The van der Waals surface area contributed by atoms with Crippen LogP contribution in [-0.2, 0) is 4.57 Å². The fourth-order valence-corrected chi connectivity index (χ4v) is 0. The van der Waals surface area contributed by atoms with Crippen molar-refractivity contribution in [1.29, 1.82) is 0 Å². The monoisotopic (exact) mass is 214 g/mol. The van der Waals surface area contributed by atoms with Crippen LogP contribution in [0.1, 0.15) is 0 Å². The van der Waals surface area contributed by atoms with Crippen LogP contribution >= 0.6 is 7.82 Å². The fourth-order valence-electron chi connectivity index (χ4n) is 0. The van der Waals surface area contributed by atoms with Crippen molar-refractivity contribution in [2.24, 2.45) is 0 Å². The second kappa shape index (κ2) is 13.1. The van der Waals surface area contributed by atoms with E-state index in [0.717, 1.165) is 0 Å². The van der Waals surface area contributed by atoms with Gasteiger partial charge in [-0.25, -0.2) is 0 Å². The Bertz CT molecular complexity index is 62.7. The average Bonchev–Trinajstić information content (AvgIpc) is 0.722. The Hall–Kier alpha value is 2.49. The molecule has 0 rings (SSSR count). The molecule has 0 unspecified atom stereocenters. The Balaban J connectivity index is -0.0000000133. The van der Waals surface area contributed by atoms with Crippen LogP contribution in [-0.4, -0.2) is 80.4 Å². The maximum Gasteiger partial charge on any atom is 2.00 e. The van der Waals surface area contributed by atoms with E-state index < -0.39 is 7.82 Å². The first-order valence-corrected chi connectivity index (χ1v) is 2.24. The second-order valence-corrected chi connectivity index (χ2v) is 1.41. The molecule has 1 N–H and O–H groups in total. The Kier molecular flexibility index (Phi) is 43.7. The van der Waals surface area contributed by atoms with Crippen molar-refractivity contribution in [3.63, 3.8) is 0 Å². The third-order valence-electron chi connectivity index (χ3n) is 0. The summed E-state index contributed by atoms with van der Waals surface area (Å²) in [7, 11) is -5.14. The third kappa shape index (κ3) is 122. The van der Waals surface area contributed by atoms with Crippen molar-refractivity contribution in [2.45, 2.75) is 0 Å². The van der Waals surface area contributed by atoms with Crippen LogP contribution in [0, 0.1) is 0 Å². The molecule has 0 spiro atoms. The Labute approximate surface area is 110 Å². The van der Waals surface area contributed by atoms with Gasteiger partial charge in [0.05, 0.1) is 7.82 Å². The van der Waals surface area contributed by atoms with Crippen LogP contribution < -0.4 is 19.2 Å². The first-order chi connectivity index (χ1) is 2.00. The summed E-state index contributed by atoms with van der Waals surface area (Å²) in [5.74, 6) is 0. The summed E-state index contributed by atoms with van der Waals surface area (Å²) in [5.41, 5.74) is 0. The van der Waals surface area contributed by atoms with E-state index in [2.05, 4.69) is 0 Å². The van der Waals surface area contributed by atoms with Crippen molar-refractivity contribution in [3.05, 3.63) is 0 Å². The minimum atomic E-state index is -5.14. The molecule has 0 bridgehead atoms. The molecule has 0 saturated heterocycles. The van der Waals surface area contributed by atoms with Crippen LogP contribution in [0.4, 0.5) is 0 Å². The average molecular weight is 214 g/mol. The molecule has 0 aromatic carbocycles. The molecular formula is HCa2F2O4P. The quantitative estimate of drug-likeness (QED) is 0.320. The van der Waals surface area contributed by atoms with Gasteiger partial charge in [0.15, 0.2) is 0 Å². The van der Waals surface area contributed by atoms with E-state index in [9.17, 15) is 0 Å². The first-order valence-electron chi connectivity index (χ1n) is 0.748. The van der Waals surface area contributed by atoms with Gasteiger partial charge in [-0.05, 0) is 0 Å². The zero-order valence-corrected chi connectivity index (χ0v) is 9.60. The van der Waals surface area contributed by atoms with E-state index in [0.29, 0.717) is 0 Å². The standard InChI is InChI=1S/2Ca.2FH.H3O4P/c;;;;1-5(2,3)4/h;;2*1H;(H3,1,2,3,4)/q2*+2;;;/p-4. The molecule has 4 nitrogen and oxygen atoms in total. The SMILES string of the molecule is O=P([O-])([O-])O.[Ca+2].[Ca+2].[F-].[F-]. The molecule has 0 heterocycles. The van der Waals surface area contributed by atoms with Crippen LogP contribution in [0.15, 0.2) is 0 Å². The summed E-state index contributed by atoms with van der Waals surface area (Å²) in [6.45, 7) is 0. The number of phosphoric acid groups is 1. The molecule has 0 atom stereocenters. The van der Waals surface area contributed by atoms with Crippen molar-refractivity contribution in [2.75, 3.05) is 0 Å². The molecule has 0 aliphatic heterocycles. The number of halogens is 2. The van der Waals surface area contributed by atoms with Gasteiger partial charge in [-0.1, -0.05) is 0 Å². The molecule has 0 amide bonds. The maximum absolute atomic E-state index is 8.66. The summed E-state index contributed by atoms with van der Waals surface area (Å²) in [5, 5.41) is 0. The van der Waals surface area contributed by atoms with Crippen molar-refractivity contribution in [3.8, 4) is 0 Å². The predicted molar refractivity (Wildman–Crippen MR) is 21.3 cm³/mol. The van der Waals surface area contributed by atoms with E-state index in [4.69, 9.17) is 19.2 Å². The zero-order valence-electron chi connectivity index (χ0n) is 4.29. The Morgan fingerprint density at radius 3 is 1.11 bits per heavy atom. The number of rotatable bonds is 0. The van der Waals surface area contributed by atoms with Gasteiger partial charge < -0.3 is 28.7 Å². The molecule has 0 aromatic rings. The molecule has 9 heavy (non-hydrogen) atoms. The molecule has 48 valence electrons. The van der Waals surface area contributed by atoms with Crippen molar-refractivity contribution >= 4 is 83.3 Å². The molecule has 0 aliphatic rings. The second-order valence-electron chi connectivity index (χ2n) is 0.469. The van der Waals surface area contributed by atoms with Gasteiger partial charge in [-0.15, -0.1) is 0 Å². The summed E-state index contributed by atoms with van der Waals surface area (Å²) in [4.78, 5) is 24.3. The number of hydrogen-bond donors (Lipinski definition) is 1. The van der Waals surface area contributed by atoms with Crippen molar-refractivity contribution in [1.82, 2.24) is 0 Å². The largest absolute Gasteiger partial charge is 2.00 e. The summed E-state index contributed by atoms with van der Waals surface area (Å²) < 4.78 is 8.66. The van der Waals surface area contributed by atoms with E-state index in [1.807, 2.05) is 0 Å². The van der Waals surface area contributed by atoms with Crippen LogP contribution in [0.2, 0.25) is 0 Å². The zero-order chi connectivity index (χ0) is 4.50. The van der Waals surface area contributed by atoms with Crippen LogP contribution in [0.25, 0.3) is 0 Å². The van der Waals surface area contributed by atoms with E-state index in [-0.39, 0.29) is 84.9 Å². The Morgan fingerprint density at radius 1 is 1.11 bits per heavy atom. The molecule has 0 fully saturated rings. The normalized spacial score (nSPS) is 6.56. The molecule has 0 saturated carbocycles. The first kappa shape index (κ1) is 30.0. The minimum Gasteiger partial charge on any atom is -1.00 e.